The maximum absolute atomic E-state index is 12.7. The lowest BCUT2D eigenvalue weighted by Crippen LogP contribution is -2.45. The van der Waals surface area contributed by atoms with Gasteiger partial charge in [0.15, 0.2) is 0 Å². The molecule has 2 saturated heterocycles. The standard InChI is InChI=1S/C21H32N4O3/c1-2-17-16-25(21(27)19-4-3-6-22-15-19)8-5-18(17)14-20(26)23-7-9-24-10-12-28-13-11-24/h3-4,6,15,17-18H,2,5,7-14,16H2,1H3,(H,23,26)/t17-,18+/m1/s1. The minimum atomic E-state index is 0.0416. The summed E-state index contributed by atoms with van der Waals surface area (Å²) in [6.07, 6.45) is 5.70. The van der Waals surface area contributed by atoms with Crippen LogP contribution in [-0.4, -0.2) is 79.1 Å². The molecule has 2 fully saturated rings. The molecule has 0 radical (unpaired) electrons. The monoisotopic (exact) mass is 388 g/mol. The number of piperidine rings is 1. The number of hydrogen-bond donors (Lipinski definition) is 1. The van der Waals surface area contributed by atoms with Crippen LogP contribution in [0.25, 0.3) is 0 Å². The summed E-state index contributed by atoms with van der Waals surface area (Å²) < 4.78 is 5.35. The first kappa shape index (κ1) is 20.7. The average Bonchev–Trinajstić information content (AvgIpc) is 2.75. The predicted octanol–water partition coefficient (Wildman–Crippen LogP) is 1.41. The second kappa shape index (κ2) is 10.5. The maximum Gasteiger partial charge on any atom is 0.255 e. The zero-order chi connectivity index (χ0) is 19.8. The predicted molar refractivity (Wildman–Crippen MR) is 107 cm³/mol. The summed E-state index contributed by atoms with van der Waals surface area (Å²) in [5.74, 6) is 0.870. The third-order valence-corrected chi connectivity index (χ3v) is 5.91. The Balaban J connectivity index is 1.43. The number of nitrogens with zero attached hydrogens (tertiary/aromatic N) is 3. The average molecular weight is 389 g/mol. The molecule has 0 aromatic carbocycles. The molecule has 0 saturated carbocycles. The number of aromatic nitrogens is 1. The van der Waals surface area contributed by atoms with Crippen molar-refractivity contribution in [3.05, 3.63) is 30.1 Å². The fourth-order valence-electron chi connectivity index (χ4n) is 4.16. The molecule has 2 atom stereocenters. The van der Waals surface area contributed by atoms with E-state index < -0.39 is 0 Å². The molecule has 7 nitrogen and oxygen atoms in total. The van der Waals surface area contributed by atoms with Crippen LogP contribution in [0.1, 0.15) is 36.5 Å². The van der Waals surface area contributed by atoms with Crippen molar-refractivity contribution in [3.8, 4) is 0 Å². The van der Waals surface area contributed by atoms with E-state index in [4.69, 9.17) is 4.74 Å². The molecule has 2 amide bonds. The van der Waals surface area contributed by atoms with Crippen LogP contribution >= 0.6 is 0 Å². The number of pyridine rings is 1. The molecule has 2 aliphatic rings. The second-order valence-electron chi connectivity index (χ2n) is 7.72. The summed E-state index contributed by atoms with van der Waals surface area (Å²) in [4.78, 5) is 33.4. The SMILES string of the molecule is CC[C@@H]1CN(C(=O)c2cccnc2)CC[C@H]1CC(=O)NCCN1CCOCC1. The number of nitrogens with one attached hydrogen (secondary N) is 1. The Kier molecular flexibility index (Phi) is 7.80. The van der Waals surface area contributed by atoms with Crippen molar-refractivity contribution in [3.63, 3.8) is 0 Å². The molecule has 3 heterocycles. The third-order valence-electron chi connectivity index (χ3n) is 5.91. The van der Waals surface area contributed by atoms with Crippen molar-refractivity contribution >= 4 is 11.8 Å². The van der Waals surface area contributed by atoms with Crippen molar-refractivity contribution in [1.82, 2.24) is 20.1 Å². The van der Waals surface area contributed by atoms with Gasteiger partial charge in [0.2, 0.25) is 5.91 Å². The van der Waals surface area contributed by atoms with Crippen LogP contribution in [0.4, 0.5) is 0 Å². The molecule has 0 bridgehead atoms. The summed E-state index contributed by atoms with van der Waals surface area (Å²) in [6.45, 7) is 8.58. The Labute approximate surface area is 167 Å². The lowest BCUT2D eigenvalue weighted by molar-refractivity contribution is -0.122. The van der Waals surface area contributed by atoms with Gasteiger partial charge in [-0.1, -0.05) is 13.3 Å². The van der Waals surface area contributed by atoms with Gasteiger partial charge in [-0.15, -0.1) is 0 Å². The molecule has 1 aromatic rings. The number of carbonyl (C=O) groups is 2. The van der Waals surface area contributed by atoms with E-state index in [1.807, 2.05) is 11.0 Å². The van der Waals surface area contributed by atoms with E-state index in [1.165, 1.54) is 0 Å². The topological polar surface area (TPSA) is 74.8 Å². The van der Waals surface area contributed by atoms with Crippen molar-refractivity contribution in [2.75, 3.05) is 52.5 Å². The summed E-state index contributed by atoms with van der Waals surface area (Å²) in [5, 5.41) is 3.07. The summed E-state index contributed by atoms with van der Waals surface area (Å²) in [6, 6.07) is 3.60. The number of likely N-dealkylation sites (tertiary alicyclic amines) is 1. The van der Waals surface area contributed by atoms with Gasteiger partial charge in [-0.05, 0) is 30.4 Å². The Morgan fingerprint density at radius 1 is 1.25 bits per heavy atom. The fourth-order valence-corrected chi connectivity index (χ4v) is 4.16. The first-order valence-corrected chi connectivity index (χ1v) is 10.4. The number of hydrogen-bond acceptors (Lipinski definition) is 5. The highest BCUT2D eigenvalue weighted by Gasteiger charge is 2.32. The first-order chi connectivity index (χ1) is 13.7. The van der Waals surface area contributed by atoms with Crippen LogP contribution in [0.5, 0.6) is 0 Å². The summed E-state index contributed by atoms with van der Waals surface area (Å²) in [5.41, 5.74) is 0.636. The Bertz CT molecular complexity index is 634. The summed E-state index contributed by atoms with van der Waals surface area (Å²) in [7, 11) is 0. The van der Waals surface area contributed by atoms with E-state index >= 15 is 0 Å². The molecule has 7 heteroatoms. The number of ether oxygens (including phenoxy) is 1. The van der Waals surface area contributed by atoms with Crippen molar-refractivity contribution < 1.29 is 14.3 Å². The molecule has 28 heavy (non-hydrogen) atoms. The fraction of sp³-hybridized carbons (Fsp3) is 0.667. The highest BCUT2D eigenvalue weighted by atomic mass is 16.5. The molecular formula is C21H32N4O3. The number of carbonyl (C=O) groups excluding carboxylic acids is 2. The molecule has 154 valence electrons. The summed E-state index contributed by atoms with van der Waals surface area (Å²) >= 11 is 0. The lowest BCUT2D eigenvalue weighted by Gasteiger charge is -2.38. The van der Waals surface area contributed by atoms with Gasteiger partial charge in [-0.3, -0.25) is 19.5 Å². The van der Waals surface area contributed by atoms with E-state index in [1.54, 1.807) is 18.5 Å². The van der Waals surface area contributed by atoms with Crippen molar-refractivity contribution in [2.24, 2.45) is 11.8 Å². The van der Waals surface area contributed by atoms with Crippen LogP contribution in [0.15, 0.2) is 24.5 Å². The second-order valence-corrected chi connectivity index (χ2v) is 7.72. The third kappa shape index (κ3) is 5.75. The van der Waals surface area contributed by atoms with Crippen LogP contribution in [-0.2, 0) is 9.53 Å². The highest BCUT2D eigenvalue weighted by molar-refractivity contribution is 5.94. The van der Waals surface area contributed by atoms with Crippen molar-refractivity contribution in [1.29, 1.82) is 0 Å². The Morgan fingerprint density at radius 2 is 2.07 bits per heavy atom. The molecule has 1 N–H and O–H groups in total. The number of rotatable bonds is 7. The van der Waals surface area contributed by atoms with E-state index in [0.29, 0.717) is 36.9 Å². The molecule has 3 rings (SSSR count). The van der Waals surface area contributed by atoms with Gasteiger partial charge >= 0.3 is 0 Å². The quantitative estimate of drug-likeness (QED) is 0.764. The maximum atomic E-state index is 12.7. The largest absolute Gasteiger partial charge is 0.379 e. The van der Waals surface area contributed by atoms with Gasteiger partial charge in [0.05, 0.1) is 18.8 Å². The molecular weight excluding hydrogens is 356 g/mol. The van der Waals surface area contributed by atoms with Crippen LogP contribution in [0, 0.1) is 11.8 Å². The molecule has 1 aromatic heterocycles. The van der Waals surface area contributed by atoms with Crippen molar-refractivity contribution in [2.45, 2.75) is 26.2 Å². The Morgan fingerprint density at radius 3 is 2.79 bits per heavy atom. The van der Waals surface area contributed by atoms with Gasteiger partial charge in [-0.2, -0.15) is 0 Å². The van der Waals surface area contributed by atoms with Crippen LogP contribution < -0.4 is 5.32 Å². The zero-order valence-corrected chi connectivity index (χ0v) is 16.8. The van der Waals surface area contributed by atoms with E-state index in [2.05, 4.69) is 22.1 Å². The zero-order valence-electron chi connectivity index (χ0n) is 16.8. The minimum Gasteiger partial charge on any atom is -0.379 e. The normalized spacial score (nSPS) is 23.4. The van der Waals surface area contributed by atoms with Gasteiger partial charge in [0.1, 0.15) is 0 Å². The van der Waals surface area contributed by atoms with E-state index in [-0.39, 0.29) is 11.8 Å². The minimum absolute atomic E-state index is 0.0416. The van der Waals surface area contributed by atoms with Gasteiger partial charge in [-0.25, -0.2) is 0 Å². The van der Waals surface area contributed by atoms with Gasteiger partial charge in [0.25, 0.3) is 5.91 Å². The smallest absolute Gasteiger partial charge is 0.255 e. The van der Waals surface area contributed by atoms with E-state index in [9.17, 15) is 9.59 Å². The molecule has 2 aliphatic heterocycles. The van der Waals surface area contributed by atoms with Crippen LogP contribution in [0.3, 0.4) is 0 Å². The molecule has 0 spiro atoms. The lowest BCUT2D eigenvalue weighted by atomic mass is 9.81. The van der Waals surface area contributed by atoms with Gasteiger partial charge in [0, 0.05) is 58.1 Å². The first-order valence-electron chi connectivity index (χ1n) is 10.4. The van der Waals surface area contributed by atoms with Crippen LogP contribution in [0.2, 0.25) is 0 Å². The molecule has 0 aliphatic carbocycles. The number of morpholine rings is 1. The van der Waals surface area contributed by atoms with E-state index in [0.717, 1.165) is 52.2 Å². The molecule has 0 unspecified atom stereocenters. The highest BCUT2D eigenvalue weighted by Crippen LogP contribution is 2.29. The Hall–Kier alpha value is -1.99. The van der Waals surface area contributed by atoms with Gasteiger partial charge < -0.3 is 15.0 Å². The number of amides is 2.